The third-order valence-corrected chi connectivity index (χ3v) is 5.96. The monoisotopic (exact) mass is 470 g/mol. The standard InChI is InChI=1S/C24H21BrF2N2O/c25-20-9-6-18(7-10-20)23(17-4-2-1-3-5-17)28-12-14-29(15-13-28)24(30)19-8-11-21(26)22(27)16-19/h1-11,16,23H,12-15H2/t23-/m1/s1. The van der Waals surface area contributed by atoms with Crippen LogP contribution in [0, 0.1) is 11.6 Å². The summed E-state index contributed by atoms with van der Waals surface area (Å²) in [5, 5.41) is 0. The van der Waals surface area contributed by atoms with E-state index in [-0.39, 0.29) is 17.5 Å². The van der Waals surface area contributed by atoms with E-state index in [2.05, 4.69) is 45.1 Å². The van der Waals surface area contributed by atoms with Crippen LogP contribution in [0.3, 0.4) is 0 Å². The first-order chi connectivity index (χ1) is 14.5. The molecule has 1 atom stereocenters. The molecule has 0 bridgehead atoms. The van der Waals surface area contributed by atoms with Crippen LogP contribution in [0.4, 0.5) is 8.78 Å². The molecule has 1 fully saturated rings. The molecule has 0 N–H and O–H groups in total. The maximum atomic E-state index is 13.5. The number of carbonyl (C=O) groups excluding carboxylic acids is 1. The Labute approximate surface area is 183 Å². The number of nitrogens with zero attached hydrogens (tertiary/aromatic N) is 2. The van der Waals surface area contributed by atoms with Crippen molar-refractivity contribution in [2.75, 3.05) is 26.2 Å². The van der Waals surface area contributed by atoms with Gasteiger partial charge in [-0.05, 0) is 41.5 Å². The molecule has 1 aliphatic heterocycles. The van der Waals surface area contributed by atoms with Gasteiger partial charge in [0.1, 0.15) is 0 Å². The number of piperazine rings is 1. The van der Waals surface area contributed by atoms with Gasteiger partial charge in [0.25, 0.3) is 5.91 Å². The van der Waals surface area contributed by atoms with Crippen LogP contribution >= 0.6 is 15.9 Å². The van der Waals surface area contributed by atoms with Crippen molar-refractivity contribution in [2.24, 2.45) is 0 Å². The largest absolute Gasteiger partial charge is 0.336 e. The number of carbonyl (C=O) groups is 1. The van der Waals surface area contributed by atoms with Gasteiger partial charge in [0.2, 0.25) is 0 Å². The second kappa shape index (κ2) is 9.06. The number of halogens is 3. The lowest BCUT2D eigenvalue weighted by atomic mass is 9.96. The highest BCUT2D eigenvalue weighted by atomic mass is 79.9. The molecular weight excluding hydrogens is 450 g/mol. The van der Waals surface area contributed by atoms with Gasteiger partial charge >= 0.3 is 0 Å². The van der Waals surface area contributed by atoms with Gasteiger partial charge in [-0.25, -0.2) is 8.78 Å². The Hall–Kier alpha value is -2.57. The van der Waals surface area contributed by atoms with E-state index in [9.17, 15) is 13.6 Å². The number of benzene rings is 3. The molecule has 1 aliphatic rings. The molecule has 0 unspecified atom stereocenters. The van der Waals surface area contributed by atoms with Crippen molar-refractivity contribution >= 4 is 21.8 Å². The fourth-order valence-corrected chi connectivity index (χ4v) is 4.15. The van der Waals surface area contributed by atoms with Crippen molar-refractivity contribution < 1.29 is 13.6 Å². The quantitative estimate of drug-likeness (QED) is 0.518. The summed E-state index contributed by atoms with van der Waals surface area (Å²) in [4.78, 5) is 16.8. The Kier molecular flexibility index (Phi) is 6.25. The zero-order valence-electron chi connectivity index (χ0n) is 16.3. The van der Waals surface area contributed by atoms with Crippen molar-refractivity contribution in [3.05, 3.63) is 106 Å². The molecule has 154 valence electrons. The van der Waals surface area contributed by atoms with E-state index < -0.39 is 11.6 Å². The molecule has 1 saturated heterocycles. The Morgan fingerprint density at radius 2 is 1.43 bits per heavy atom. The third-order valence-electron chi connectivity index (χ3n) is 5.43. The zero-order valence-corrected chi connectivity index (χ0v) is 17.9. The molecule has 4 rings (SSSR count). The molecule has 3 aromatic rings. The van der Waals surface area contributed by atoms with Gasteiger partial charge in [-0.1, -0.05) is 58.4 Å². The molecule has 1 heterocycles. The van der Waals surface area contributed by atoms with E-state index in [1.165, 1.54) is 17.2 Å². The van der Waals surface area contributed by atoms with Gasteiger partial charge in [0, 0.05) is 36.2 Å². The van der Waals surface area contributed by atoms with Crippen molar-refractivity contribution in [3.63, 3.8) is 0 Å². The molecule has 3 nitrogen and oxygen atoms in total. The van der Waals surface area contributed by atoms with E-state index in [0.717, 1.165) is 16.6 Å². The van der Waals surface area contributed by atoms with Crippen LogP contribution in [0.2, 0.25) is 0 Å². The first-order valence-electron chi connectivity index (χ1n) is 9.82. The maximum absolute atomic E-state index is 13.5. The van der Waals surface area contributed by atoms with Gasteiger partial charge in [-0.15, -0.1) is 0 Å². The summed E-state index contributed by atoms with van der Waals surface area (Å²) >= 11 is 3.49. The minimum absolute atomic E-state index is 0.0832. The van der Waals surface area contributed by atoms with E-state index in [1.807, 2.05) is 30.3 Å². The zero-order chi connectivity index (χ0) is 21.1. The van der Waals surface area contributed by atoms with Gasteiger partial charge < -0.3 is 4.90 Å². The molecule has 0 radical (unpaired) electrons. The summed E-state index contributed by atoms with van der Waals surface area (Å²) in [5.41, 5.74) is 2.56. The molecule has 0 saturated carbocycles. The van der Waals surface area contributed by atoms with Crippen LogP contribution in [-0.2, 0) is 0 Å². The predicted octanol–water partition coefficient (Wildman–Crippen LogP) is 5.27. The molecule has 30 heavy (non-hydrogen) atoms. The topological polar surface area (TPSA) is 23.6 Å². The van der Waals surface area contributed by atoms with Crippen molar-refractivity contribution in [1.29, 1.82) is 0 Å². The maximum Gasteiger partial charge on any atom is 0.254 e. The molecule has 0 spiro atoms. The van der Waals surface area contributed by atoms with E-state index in [1.54, 1.807) is 4.90 Å². The molecule has 6 heteroatoms. The number of hydrogen-bond donors (Lipinski definition) is 0. The van der Waals surface area contributed by atoms with Crippen LogP contribution < -0.4 is 0 Å². The SMILES string of the molecule is O=C(c1ccc(F)c(F)c1)N1CCN([C@H](c2ccccc2)c2ccc(Br)cc2)CC1. The van der Waals surface area contributed by atoms with Gasteiger partial charge in [-0.2, -0.15) is 0 Å². The summed E-state index contributed by atoms with van der Waals surface area (Å²) < 4.78 is 27.7. The lowest BCUT2D eigenvalue weighted by Crippen LogP contribution is -2.49. The second-order valence-electron chi connectivity index (χ2n) is 7.32. The van der Waals surface area contributed by atoms with E-state index in [0.29, 0.717) is 26.2 Å². The number of rotatable bonds is 4. The Balaban J connectivity index is 1.52. The predicted molar refractivity (Wildman–Crippen MR) is 116 cm³/mol. The Bertz CT molecular complexity index is 1020. The normalized spacial score (nSPS) is 15.8. The summed E-state index contributed by atoms with van der Waals surface area (Å²) in [7, 11) is 0. The van der Waals surface area contributed by atoms with E-state index >= 15 is 0 Å². The van der Waals surface area contributed by atoms with Crippen molar-refractivity contribution in [3.8, 4) is 0 Å². The third kappa shape index (κ3) is 4.45. The Morgan fingerprint density at radius 3 is 2.07 bits per heavy atom. The van der Waals surface area contributed by atoms with Crippen molar-refractivity contribution in [1.82, 2.24) is 9.80 Å². The highest BCUT2D eigenvalue weighted by molar-refractivity contribution is 9.10. The number of hydrogen-bond acceptors (Lipinski definition) is 2. The Morgan fingerprint density at radius 1 is 0.800 bits per heavy atom. The van der Waals surface area contributed by atoms with Crippen LogP contribution in [0.5, 0.6) is 0 Å². The molecule has 0 aliphatic carbocycles. The van der Waals surface area contributed by atoms with Gasteiger partial charge in [0.05, 0.1) is 6.04 Å². The van der Waals surface area contributed by atoms with Crippen LogP contribution in [0.25, 0.3) is 0 Å². The lowest BCUT2D eigenvalue weighted by Gasteiger charge is -2.39. The lowest BCUT2D eigenvalue weighted by molar-refractivity contribution is 0.0597. The second-order valence-corrected chi connectivity index (χ2v) is 8.24. The number of amides is 1. The average molecular weight is 471 g/mol. The minimum Gasteiger partial charge on any atom is -0.336 e. The minimum atomic E-state index is -1.00. The van der Waals surface area contributed by atoms with Gasteiger partial charge in [-0.3, -0.25) is 9.69 Å². The van der Waals surface area contributed by atoms with Crippen LogP contribution in [0.1, 0.15) is 27.5 Å². The summed E-state index contributed by atoms with van der Waals surface area (Å²) in [6.45, 7) is 2.42. The molecule has 3 aromatic carbocycles. The molecular formula is C24H21BrF2N2O. The highest BCUT2D eigenvalue weighted by Crippen LogP contribution is 2.30. The first kappa shape index (κ1) is 20.7. The van der Waals surface area contributed by atoms with Crippen molar-refractivity contribution in [2.45, 2.75) is 6.04 Å². The van der Waals surface area contributed by atoms with Crippen LogP contribution in [0.15, 0.2) is 77.3 Å². The van der Waals surface area contributed by atoms with E-state index in [4.69, 9.17) is 0 Å². The highest BCUT2D eigenvalue weighted by Gasteiger charge is 2.28. The molecule has 0 aromatic heterocycles. The molecule has 1 amide bonds. The smallest absolute Gasteiger partial charge is 0.254 e. The van der Waals surface area contributed by atoms with Crippen LogP contribution in [-0.4, -0.2) is 41.9 Å². The first-order valence-corrected chi connectivity index (χ1v) is 10.6. The summed E-state index contributed by atoms with van der Waals surface area (Å²) in [5.74, 6) is -2.22. The van der Waals surface area contributed by atoms with Gasteiger partial charge in [0.15, 0.2) is 11.6 Å². The fraction of sp³-hybridized carbons (Fsp3) is 0.208. The summed E-state index contributed by atoms with van der Waals surface area (Å²) in [6.07, 6.45) is 0. The average Bonchev–Trinajstić information content (AvgIpc) is 2.78. The fourth-order valence-electron chi connectivity index (χ4n) is 3.89. The summed E-state index contributed by atoms with van der Waals surface area (Å²) in [6, 6.07) is 22.0.